The van der Waals surface area contributed by atoms with Crippen molar-refractivity contribution in [1.29, 1.82) is 0 Å². The molecule has 0 heterocycles. The first-order chi connectivity index (χ1) is 9.99. The van der Waals surface area contributed by atoms with Crippen LogP contribution >= 0.6 is 11.9 Å². The third-order valence-electron chi connectivity index (χ3n) is 3.98. The Morgan fingerprint density at radius 3 is 2.48 bits per heavy atom. The molecule has 0 radical (unpaired) electrons. The Morgan fingerprint density at radius 1 is 1.29 bits per heavy atom. The molecule has 1 atom stereocenters. The van der Waals surface area contributed by atoms with E-state index in [9.17, 15) is 14.7 Å². The smallest absolute Gasteiger partial charge is 0.457 e. The van der Waals surface area contributed by atoms with Crippen molar-refractivity contribution in [2.45, 2.75) is 31.6 Å². The number of carboxylic acid groups (broad SMARTS) is 1. The van der Waals surface area contributed by atoms with Crippen molar-refractivity contribution in [3.8, 4) is 0 Å². The SMILES string of the molecule is COC(=O)S[N+](C)(C(=O)O)c1ccccc1C1CCCC1. The van der Waals surface area contributed by atoms with Crippen molar-refractivity contribution in [2.75, 3.05) is 14.2 Å². The molecule has 1 amide bonds. The number of carbonyl (C=O) groups excluding carboxylic acids is 1. The third kappa shape index (κ3) is 3.22. The van der Waals surface area contributed by atoms with Crippen LogP contribution in [-0.4, -0.2) is 30.7 Å². The molecule has 21 heavy (non-hydrogen) atoms. The van der Waals surface area contributed by atoms with Crippen molar-refractivity contribution >= 4 is 29.0 Å². The van der Waals surface area contributed by atoms with Crippen LogP contribution in [0.5, 0.6) is 0 Å². The molecular weight excluding hydrogens is 290 g/mol. The molecular formula is C15H20NO4S+. The average molecular weight is 310 g/mol. The molecule has 114 valence electrons. The standard InChI is InChI=1S/C15H19NO4S/c1-16(14(17)18,21-15(19)20-2)13-10-6-5-9-12(13)11-7-3-4-8-11/h5-6,9-11H,3-4,7-8H2,1-2H3/p+1. The van der Waals surface area contributed by atoms with Crippen LogP contribution in [0.3, 0.4) is 0 Å². The first kappa shape index (κ1) is 15.9. The van der Waals surface area contributed by atoms with Gasteiger partial charge in [-0.05, 0) is 18.8 Å². The first-order valence-corrected chi connectivity index (χ1v) is 7.73. The van der Waals surface area contributed by atoms with Crippen LogP contribution in [0.1, 0.15) is 37.2 Å². The van der Waals surface area contributed by atoms with Gasteiger partial charge in [0.15, 0.2) is 5.69 Å². The molecule has 1 aliphatic carbocycles. The lowest BCUT2D eigenvalue weighted by molar-refractivity contribution is 0.178. The van der Waals surface area contributed by atoms with Gasteiger partial charge in [-0.25, -0.2) is 4.79 Å². The molecule has 1 aliphatic rings. The second kappa shape index (κ2) is 6.49. The Bertz CT molecular complexity index is 542. The molecule has 0 aliphatic heterocycles. The van der Waals surface area contributed by atoms with Gasteiger partial charge < -0.3 is 9.84 Å². The van der Waals surface area contributed by atoms with E-state index in [2.05, 4.69) is 4.74 Å². The van der Waals surface area contributed by atoms with E-state index in [0.29, 0.717) is 23.6 Å². The van der Waals surface area contributed by atoms with Crippen molar-refractivity contribution in [3.05, 3.63) is 29.8 Å². The normalized spacial score (nSPS) is 18.2. The second-order valence-electron chi connectivity index (χ2n) is 5.29. The minimum atomic E-state index is -1.09. The number of para-hydroxylation sites is 1. The number of rotatable bonds is 2. The van der Waals surface area contributed by atoms with Gasteiger partial charge in [0, 0.05) is 11.6 Å². The van der Waals surface area contributed by atoms with Gasteiger partial charge in [-0.3, -0.25) is 0 Å². The number of quaternary nitrogens is 1. The largest absolute Gasteiger partial charge is 0.531 e. The zero-order valence-electron chi connectivity index (χ0n) is 12.2. The van der Waals surface area contributed by atoms with Crippen LogP contribution in [0, 0.1) is 0 Å². The highest BCUT2D eigenvalue weighted by Gasteiger charge is 2.43. The van der Waals surface area contributed by atoms with Gasteiger partial charge in [0.05, 0.1) is 14.2 Å². The predicted molar refractivity (Wildman–Crippen MR) is 83.4 cm³/mol. The molecule has 0 saturated heterocycles. The Balaban J connectivity index is 2.45. The molecule has 1 fully saturated rings. The summed E-state index contributed by atoms with van der Waals surface area (Å²) >= 11 is 0.658. The summed E-state index contributed by atoms with van der Waals surface area (Å²) in [6, 6.07) is 7.50. The molecule has 1 aromatic carbocycles. The van der Waals surface area contributed by atoms with E-state index in [1.807, 2.05) is 18.2 Å². The Morgan fingerprint density at radius 2 is 1.90 bits per heavy atom. The minimum absolute atomic E-state index is 0.372. The van der Waals surface area contributed by atoms with Crippen LogP contribution in [0.2, 0.25) is 0 Å². The highest BCUT2D eigenvalue weighted by atomic mass is 32.2. The third-order valence-corrected chi connectivity index (χ3v) is 5.01. The van der Waals surface area contributed by atoms with Gasteiger partial charge in [0.2, 0.25) is 11.9 Å². The molecule has 5 nitrogen and oxygen atoms in total. The Labute approximate surface area is 128 Å². The maximum absolute atomic E-state index is 11.8. The summed E-state index contributed by atoms with van der Waals surface area (Å²) in [6.45, 7) is 0. The summed E-state index contributed by atoms with van der Waals surface area (Å²) in [7, 11) is 2.77. The molecule has 1 unspecified atom stereocenters. The monoisotopic (exact) mass is 310 g/mol. The molecule has 1 saturated carbocycles. The van der Waals surface area contributed by atoms with Crippen LogP contribution in [-0.2, 0) is 4.74 Å². The quantitative estimate of drug-likeness (QED) is 0.499. The summed E-state index contributed by atoms with van der Waals surface area (Å²) in [6.07, 6.45) is 3.38. The fraction of sp³-hybridized carbons (Fsp3) is 0.467. The predicted octanol–water partition coefficient (Wildman–Crippen LogP) is 4.37. The molecule has 0 spiro atoms. The summed E-state index contributed by atoms with van der Waals surface area (Å²) in [5, 5.41) is 9.03. The van der Waals surface area contributed by atoms with E-state index in [1.165, 1.54) is 27.0 Å². The van der Waals surface area contributed by atoms with Gasteiger partial charge in [0.25, 0.3) is 0 Å². The molecule has 1 aromatic rings. The summed E-state index contributed by atoms with van der Waals surface area (Å²) < 4.78 is 4.07. The Hall–Kier alpha value is -1.53. The van der Waals surface area contributed by atoms with Gasteiger partial charge in [-0.15, -0.1) is 3.89 Å². The lowest BCUT2D eigenvalue weighted by atomic mass is 9.95. The summed E-state index contributed by atoms with van der Waals surface area (Å²) in [5.74, 6) is 0.372. The molecule has 1 N–H and O–H groups in total. The van der Waals surface area contributed by atoms with Crippen LogP contribution < -0.4 is 3.89 Å². The van der Waals surface area contributed by atoms with E-state index in [1.54, 1.807) is 6.07 Å². The lowest BCUT2D eigenvalue weighted by Crippen LogP contribution is -2.44. The van der Waals surface area contributed by atoms with Crippen molar-refractivity contribution in [3.63, 3.8) is 0 Å². The van der Waals surface area contributed by atoms with Crippen molar-refractivity contribution < 1.29 is 19.4 Å². The molecule has 2 rings (SSSR count). The summed E-state index contributed by atoms with van der Waals surface area (Å²) in [5.41, 5.74) is 1.67. The van der Waals surface area contributed by atoms with E-state index < -0.39 is 15.3 Å². The van der Waals surface area contributed by atoms with E-state index >= 15 is 0 Å². The molecule has 0 aromatic heterocycles. The van der Waals surface area contributed by atoms with Gasteiger partial charge in [-0.1, -0.05) is 31.0 Å². The number of ether oxygens (including phenoxy) is 1. The number of methoxy groups -OCH3 is 1. The van der Waals surface area contributed by atoms with Crippen LogP contribution in [0.15, 0.2) is 24.3 Å². The summed E-state index contributed by atoms with van der Waals surface area (Å²) in [4.78, 5) is 23.4. The fourth-order valence-electron chi connectivity index (χ4n) is 2.84. The average Bonchev–Trinajstić information content (AvgIpc) is 3.01. The zero-order valence-corrected chi connectivity index (χ0v) is 13.1. The maximum Gasteiger partial charge on any atom is 0.531 e. The number of hydrogen-bond acceptors (Lipinski definition) is 4. The van der Waals surface area contributed by atoms with E-state index in [4.69, 9.17) is 0 Å². The van der Waals surface area contributed by atoms with E-state index in [-0.39, 0.29) is 0 Å². The highest BCUT2D eigenvalue weighted by molar-refractivity contribution is 8.13. The Kier molecular flexibility index (Phi) is 4.90. The topological polar surface area (TPSA) is 63.6 Å². The fourth-order valence-corrected chi connectivity index (χ4v) is 3.55. The number of benzene rings is 1. The molecule has 6 heteroatoms. The second-order valence-corrected chi connectivity index (χ2v) is 6.54. The van der Waals surface area contributed by atoms with Gasteiger partial charge >= 0.3 is 11.4 Å². The maximum atomic E-state index is 11.8. The minimum Gasteiger partial charge on any atom is -0.457 e. The van der Waals surface area contributed by atoms with E-state index in [0.717, 1.165) is 18.4 Å². The number of hydrogen-bond donors (Lipinski definition) is 1. The first-order valence-electron chi connectivity index (χ1n) is 6.96. The zero-order chi connectivity index (χ0) is 15.5. The van der Waals surface area contributed by atoms with Crippen molar-refractivity contribution in [1.82, 2.24) is 3.89 Å². The van der Waals surface area contributed by atoms with Crippen molar-refractivity contribution in [2.24, 2.45) is 0 Å². The molecule has 0 bridgehead atoms. The number of amides is 1. The number of nitrogens with zero attached hydrogens (tertiary/aromatic N) is 1. The number of carbonyl (C=O) groups is 2. The highest BCUT2D eigenvalue weighted by Crippen LogP contribution is 2.43. The lowest BCUT2D eigenvalue weighted by Gasteiger charge is -2.27. The van der Waals surface area contributed by atoms with Gasteiger partial charge in [0.1, 0.15) is 0 Å². The van der Waals surface area contributed by atoms with Crippen LogP contribution in [0.25, 0.3) is 0 Å². The van der Waals surface area contributed by atoms with Gasteiger partial charge in [-0.2, -0.15) is 4.79 Å². The van der Waals surface area contributed by atoms with Crippen LogP contribution in [0.4, 0.5) is 15.3 Å².